The predicted molar refractivity (Wildman–Crippen MR) is 63.4 cm³/mol. The van der Waals surface area contributed by atoms with Gasteiger partial charge in [0.25, 0.3) is 0 Å². The van der Waals surface area contributed by atoms with Crippen molar-refractivity contribution >= 4 is 0 Å². The van der Waals surface area contributed by atoms with E-state index in [2.05, 4.69) is 6.92 Å². The molecular weight excluding hydrogens is 208 g/mol. The molecule has 0 heterocycles. The monoisotopic (exact) mass is 234 g/mol. The molecule has 0 saturated heterocycles. The maximum atomic E-state index is 8.47. The summed E-state index contributed by atoms with van der Waals surface area (Å²) in [6.07, 6.45) is 4.67. The lowest BCUT2D eigenvalue weighted by atomic mass is 10.2. The Kier molecular flexibility index (Phi) is 12.8. The Morgan fingerprint density at radius 3 is 2.38 bits per heavy atom. The lowest BCUT2D eigenvalue weighted by molar-refractivity contribution is -0.140. The van der Waals surface area contributed by atoms with Gasteiger partial charge in [-0.15, -0.1) is 0 Å². The van der Waals surface area contributed by atoms with Crippen molar-refractivity contribution < 1.29 is 19.3 Å². The molecule has 1 unspecified atom stereocenters. The summed E-state index contributed by atoms with van der Waals surface area (Å²) >= 11 is 0. The summed E-state index contributed by atoms with van der Waals surface area (Å²) < 4.78 is 15.9. The van der Waals surface area contributed by atoms with Crippen molar-refractivity contribution in [3.05, 3.63) is 0 Å². The molecule has 1 N–H and O–H groups in total. The molecule has 0 fully saturated rings. The summed E-state index contributed by atoms with van der Waals surface area (Å²) in [6, 6.07) is 0. The highest BCUT2D eigenvalue weighted by Crippen LogP contribution is 2.01. The van der Waals surface area contributed by atoms with Crippen LogP contribution < -0.4 is 0 Å². The Morgan fingerprint density at radius 2 is 1.69 bits per heavy atom. The lowest BCUT2D eigenvalue weighted by Crippen LogP contribution is -2.17. The summed E-state index contributed by atoms with van der Waals surface area (Å²) in [5.74, 6) is 0. The molecule has 1 atom stereocenters. The number of unbranched alkanes of at least 4 members (excludes halogenated alkanes) is 3. The Hall–Kier alpha value is -0.160. The first-order valence-electron chi connectivity index (χ1n) is 6.23. The number of aliphatic hydroxyl groups excluding tert-OH is 1. The maximum absolute atomic E-state index is 8.47. The zero-order chi connectivity index (χ0) is 12.1. The second-order valence-electron chi connectivity index (χ2n) is 3.71. The molecule has 98 valence electrons. The fourth-order valence-electron chi connectivity index (χ4n) is 1.27. The third-order valence-electron chi connectivity index (χ3n) is 2.17. The van der Waals surface area contributed by atoms with Crippen molar-refractivity contribution in [1.29, 1.82) is 0 Å². The second-order valence-corrected chi connectivity index (χ2v) is 3.71. The van der Waals surface area contributed by atoms with Crippen LogP contribution in [0.2, 0.25) is 0 Å². The third-order valence-corrected chi connectivity index (χ3v) is 2.17. The summed E-state index contributed by atoms with van der Waals surface area (Å²) in [7, 11) is 0. The Bertz CT molecular complexity index is 116. The first kappa shape index (κ1) is 15.8. The van der Waals surface area contributed by atoms with Crippen LogP contribution in [-0.2, 0) is 14.2 Å². The van der Waals surface area contributed by atoms with Gasteiger partial charge in [0.05, 0.1) is 26.4 Å². The summed E-state index contributed by atoms with van der Waals surface area (Å²) in [5, 5.41) is 8.47. The molecular formula is C12H26O4. The zero-order valence-electron chi connectivity index (χ0n) is 10.6. The first-order chi connectivity index (χ1) is 7.81. The number of hydrogen-bond donors (Lipinski definition) is 1. The number of aliphatic hydroxyl groups is 1. The van der Waals surface area contributed by atoms with Gasteiger partial charge < -0.3 is 19.3 Å². The summed E-state index contributed by atoms with van der Waals surface area (Å²) in [6.45, 7) is 6.29. The lowest BCUT2D eigenvalue weighted by Gasteiger charge is -2.13. The average Bonchev–Trinajstić information content (AvgIpc) is 2.28. The van der Waals surface area contributed by atoms with Crippen LogP contribution in [-0.4, -0.2) is 44.4 Å². The van der Waals surface area contributed by atoms with Gasteiger partial charge in [-0.1, -0.05) is 26.2 Å². The Balaban J connectivity index is 3.09. The smallest absolute Gasteiger partial charge is 0.154 e. The molecule has 0 aromatic rings. The third kappa shape index (κ3) is 11.9. The van der Waals surface area contributed by atoms with Crippen molar-refractivity contribution in [1.82, 2.24) is 0 Å². The summed E-state index contributed by atoms with van der Waals surface area (Å²) in [4.78, 5) is 0. The van der Waals surface area contributed by atoms with Crippen molar-refractivity contribution in [2.75, 3.05) is 33.0 Å². The Labute approximate surface area is 98.9 Å². The van der Waals surface area contributed by atoms with Gasteiger partial charge in [-0.3, -0.25) is 0 Å². The molecule has 0 bridgehead atoms. The zero-order valence-corrected chi connectivity index (χ0v) is 10.6. The van der Waals surface area contributed by atoms with Gasteiger partial charge >= 0.3 is 0 Å². The SMILES string of the molecule is CCCCCCOC(C)OCCOCCO. The molecule has 0 aliphatic heterocycles. The molecule has 0 radical (unpaired) electrons. The second kappa shape index (κ2) is 12.9. The van der Waals surface area contributed by atoms with Crippen LogP contribution in [0.1, 0.15) is 39.5 Å². The highest BCUT2D eigenvalue weighted by Gasteiger charge is 2.01. The predicted octanol–water partition coefficient (Wildman–Crippen LogP) is 1.95. The van der Waals surface area contributed by atoms with Gasteiger partial charge in [-0.2, -0.15) is 0 Å². The average molecular weight is 234 g/mol. The van der Waals surface area contributed by atoms with Gasteiger partial charge in [0.1, 0.15) is 0 Å². The highest BCUT2D eigenvalue weighted by molar-refractivity contribution is 4.41. The van der Waals surface area contributed by atoms with Gasteiger partial charge in [-0.25, -0.2) is 0 Å². The van der Waals surface area contributed by atoms with Crippen LogP contribution >= 0.6 is 0 Å². The van der Waals surface area contributed by atoms with Crippen LogP contribution in [0.3, 0.4) is 0 Å². The molecule has 0 aliphatic rings. The van der Waals surface area contributed by atoms with Crippen LogP contribution in [0.15, 0.2) is 0 Å². The molecule has 0 amide bonds. The minimum absolute atomic E-state index is 0.0590. The maximum Gasteiger partial charge on any atom is 0.154 e. The van der Waals surface area contributed by atoms with Crippen LogP contribution in [0.4, 0.5) is 0 Å². The van der Waals surface area contributed by atoms with Crippen molar-refractivity contribution in [2.45, 2.75) is 45.8 Å². The van der Waals surface area contributed by atoms with Crippen molar-refractivity contribution in [3.63, 3.8) is 0 Å². The molecule has 0 aliphatic carbocycles. The molecule has 4 nitrogen and oxygen atoms in total. The summed E-state index contributed by atoms with van der Waals surface area (Å²) in [5.41, 5.74) is 0. The molecule has 0 saturated carbocycles. The fourth-order valence-corrected chi connectivity index (χ4v) is 1.27. The van der Waals surface area contributed by atoms with E-state index in [0.717, 1.165) is 13.0 Å². The Morgan fingerprint density at radius 1 is 0.938 bits per heavy atom. The van der Waals surface area contributed by atoms with Crippen molar-refractivity contribution in [3.8, 4) is 0 Å². The van der Waals surface area contributed by atoms with Gasteiger partial charge in [0, 0.05) is 6.61 Å². The molecule has 0 aromatic heterocycles. The van der Waals surface area contributed by atoms with Gasteiger partial charge in [0.15, 0.2) is 6.29 Å². The molecule has 0 spiro atoms. The number of ether oxygens (including phenoxy) is 3. The van der Waals surface area contributed by atoms with Crippen molar-refractivity contribution in [2.24, 2.45) is 0 Å². The van der Waals surface area contributed by atoms with Gasteiger partial charge in [-0.05, 0) is 13.3 Å². The molecule has 16 heavy (non-hydrogen) atoms. The van der Waals surface area contributed by atoms with E-state index in [1.165, 1.54) is 19.3 Å². The van der Waals surface area contributed by atoms with Crippen LogP contribution in [0.5, 0.6) is 0 Å². The minimum Gasteiger partial charge on any atom is -0.394 e. The van der Waals surface area contributed by atoms with E-state index < -0.39 is 0 Å². The van der Waals surface area contributed by atoms with Gasteiger partial charge in [0.2, 0.25) is 0 Å². The van der Waals surface area contributed by atoms with E-state index >= 15 is 0 Å². The number of rotatable bonds is 12. The van der Waals surface area contributed by atoms with E-state index in [1.807, 2.05) is 6.92 Å². The molecule has 0 aromatic carbocycles. The first-order valence-corrected chi connectivity index (χ1v) is 6.23. The topological polar surface area (TPSA) is 47.9 Å². The van der Waals surface area contributed by atoms with E-state index in [1.54, 1.807) is 0 Å². The largest absolute Gasteiger partial charge is 0.394 e. The van der Waals surface area contributed by atoms with E-state index in [-0.39, 0.29) is 12.9 Å². The normalized spacial score (nSPS) is 12.9. The van der Waals surface area contributed by atoms with Crippen LogP contribution in [0, 0.1) is 0 Å². The van der Waals surface area contributed by atoms with E-state index in [4.69, 9.17) is 19.3 Å². The minimum atomic E-state index is -0.167. The quantitative estimate of drug-likeness (QED) is 0.414. The van der Waals surface area contributed by atoms with Crippen LogP contribution in [0.25, 0.3) is 0 Å². The molecule has 4 heteroatoms. The molecule has 0 rings (SSSR count). The number of hydrogen-bond acceptors (Lipinski definition) is 4. The fraction of sp³-hybridized carbons (Fsp3) is 1.00. The van der Waals surface area contributed by atoms with E-state index in [9.17, 15) is 0 Å². The highest BCUT2D eigenvalue weighted by atomic mass is 16.7. The standard InChI is InChI=1S/C12H26O4/c1-3-4-5-6-8-15-12(2)16-11-10-14-9-7-13/h12-13H,3-11H2,1-2H3. The van der Waals surface area contributed by atoms with E-state index in [0.29, 0.717) is 19.8 Å².